The number of ether oxygens (including phenoxy) is 2. The van der Waals surface area contributed by atoms with Gasteiger partial charge in [-0.3, -0.25) is 15.0 Å². The maximum Gasteiger partial charge on any atom is 0.343 e. The summed E-state index contributed by atoms with van der Waals surface area (Å²) in [5.41, 5.74) is 1.05. The summed E-state index contributed by atoms with van der Waals surface area (Å²) < 4.78 is 10.2. The normalized spacial score (nSPS) is 14.7. The summed E-state index contributed by atoms with van der Waals surface area (Å²) >= 11 is 0. The zero-order valence-electron chi connectivity index (χ0n) is 16.8. The van der Waals surface area contributed by atoms with Crippen LogP contribution in [0.4, 0.5) is 11.4 Å². The van der Waals surface area contributed by atoms with Crippen molar-refractivity contribution in [3.8, 4) is 11.5 Å². The average Bonchev–Trinajstić information content (AvgIpc) is 2.74. The minimum atomic E-state index is -0.644. The number of piperazine rings is 1. The molecular weight excluding hydrogens is 374 g/mol. The second-order valence-corrected chi connectivity index (χ2v) is 7.14. The van der Waals surface area contributed by atoms with Crippen LogP contribution in [0.25, 0.3) is 0 Å². The number of carbonyl (C=O) groups excluding carboxylic acids is 1. The summed E-state index contributed by atoms with van der Waals surface area (Å²) in [5, 5.41) is 11.2. The molecule has 0 aliphatic carbocycles. The number of hydrogen-bond acceptors (Lipinski definition) is 7. The number of nitrogens with zero attached hydrogens (tertiary/aromatic N) is 3. The van der Waals surface area contributed by atoms with E-state index in [1.54, 1.807) is 12.1 Å². The molecule has 0 atom stereocenters. The lowest BCUT2D eigenvalue weighted by atomic mass is 10.1. The Kier molecular flexibility index (Phi) is 6.33. The fraction of sp³-hybridized carbons (Fsp3) is 0.381. The van der Waals surface area contributed by atoms with E-state index in [4.69, 9.17) is 9.47 Å². The highest BCUT2D eigenvalue weighted by Gasteiger charge is 2.21. The zero-order valence-corrected chi connectivity index (χ0v) is 16.8. The molecule has 0 saturated carbocycles. The van der Waals surface area contributed by atoms with E-state index in [1.165, 1.54) is 25.3 Å². The molecule has 0 unspecified atom stereocenters. The fourth-order valence-corrected chi connectivity index (χ4v) is 3.32. The van der Waals surface area contributed by atoms with E-state index < -0.39 is 10.9 Å². The van der Waals surface area contributed by atoms with E-state index >= 15 is 0 Å². The number of hydrogen-bond donors (Lipinski definition) is 0. The lowest BCUT2D eigenvalue weighted by molar-refractivity contribution is -0.385. The monoisotopic (exact) mass is 399 g/mol. The van der Waals surface area contributed by atoms with E-state index in [0.717, 1.165) is 31.9 Å². The van der Waals surface area contributed by atoms with E-state index in [-0.39, 0.29) is 11.4 Å². The SMILES string of the molecule is COc1ccc(OC(=O)c2ccc(N3CCN(C(C)C)CC3)cc2)c([N+](=O)[O-])c1. The largest absolute Gasteiger partial charge is 0.496 e. The molecule has 0 N–H and O–H groups in total. The van der Waals surface area contributed by atoms with E-state index in [0.29, 0.717) is 17.4 Å². The van der Waals surface area contributed by atoms with Crippen LogP contribution in [-0.2, 0) is 0 Å². The Balaban J connectivity index is 1.68. The maximum atomic E-state index is 12.5. The Bertz CT molecular complexity index is 874. The van der Waals surface area contributed by atoms with E-state index in [2.05, 4.69) is 23.6 Å². The van der Waals surface area contributed by atoms with Crippen LogP contribution >= 0.6 is 0 Å². The molecule has 8 nitrogen and oxygen atoms in total. The molecule has 1 fully saturated rings. The zero-order chi connectivity index (χ0) is 21.0. The molecule has 0 amide bonds. The second-order valence-electron chi connectivity index (χ2n) is 7.14. The summed E-state index contributed by atoms with van der Waals surface area (Å²) in [7, 11) is 1.41. The van der Waals surface area contributed by atoms with Crippen LogP contribution in [0.3, 0.4) is 0 Å². The van der Waals surface area contributed by atoms with Gasteiger partial charge in [-0.25, -0.2) is 4.79 Å². The molecule has 1 heterocycles. The summed E-state index contributed by atoms with van der Waals surface area (Å²) in [6.07, 6.45) is 0. The fourth-order valence-electron chi connectivity index (χ4n) is 3.32. The van der Waals surface area contributed by atoms with Crippen LogP contribution in [0.15, 0.2) is 42.5 Å². The third-order valence-electron chi connectivity index (χ3n) is 5.08. The topological polar surface area (TPSA) is 85.2 Å². The first-order valence-corrected chi connectivity index (χ1v) is 9.52. The van der Waals surface area contributed by atoms with E-state index in [1.807, 2.05) is 12.1 Å². The summed E-state index contributed by atoms with van der Waals surface area (Å²) in [5.74, 6) is -0.442. The number of esters is 1. The molecule has 0 aromatic heterocycles. The number of methoxy groups -OCH3 is 1. The Hall–Kier alpha value is -3.13. The van der Waals surface area contributed by atoms with Gasteiger partial charge >= 0.3 is 11.7 Å². The molecule has 2 aromatic carbocycles. The summed E-state index contributed by atoms with van der Waals surface area (Å²) in [6, 6.07) is 11.8. The van der Waals surface area contributed by atoms with Gasteiger partial charge in [0, 0.05) is 37.9 Å². The minimum Gasteiger partial charge on any atom is -0.496 e. The number of nitro benzene ring substituents is 1. The van der Waals surface area contributed by atoms with Gasteiger partial charge in [0.2, 0.25) is 5.75 Å². The van der Waals surface area contributed by atoms with Crippen molar-refractivity contribution in [2.75, 3.05) is 38.2 Å². The first-order chi connectivity index (χ1) is 13.9. The van der Waals surface area contributed by atoms with Crippen LogP contribution < -0.4 is 14.4 Å². The van der Waals surface area contributed by atoms with Gasteiger partial charge in [-0.1, -0.05) is 0 Å². The summed E-state index contributed by atoms with van der Waals surface area (Å²) in [6.45, 7) is 8.26. The summed E-state index contributed by atoms with van der Waals surface area (Å²) in [4.78, 5) is 27.8. The number of anilines is 1. The van der Waals surface area contributed by atoms with Crippen LogP contribution in [0.2, 0.25) is 0 Å². The molecule has 0 bridgehead atoms. The predicted molar refractivity (Wildman–Crippen MR) is 110 cm³/mol. The molecule has 3 rings (SSSR count). The van der Waals surface area contributed by atoms with Crippen molar-refractivity contribution in [3.63, 3.8) is 0 Å². The van der Waals surface area contributed by atoms with Gasteiger partial charge in [-0.2, -0.15) is 0 Å². The minimum absolute atomic E-state index is 0.116. The van der Waals surface area contributed by atoms with E-state index in [9.17, 15) is 14.9 Å². The number of rotatable bonds is 6. The molecule has 0 radical (unpaired) electrons. The molecule has 1 aliphatic heterocycles. The number of benzene rings is 2. The maximum absolute atomic E-state index is 12.5. The number of carbonyl (C=O) groups is 1. The molecule has 0 spiro atoms. The third-order valence-corrected chi connectivity index (χ3v) is 5.08. The average molecular weight is 399 g/mol. The van der Waals surface area contributed by atoms with Crippen molar-refractivity contribution < 1.29 is 19.2 Å². The van der Waals surface area contributed by atoms with Crippen LogP contribution in [0, 0.1) is 10.1 Å². The molecule has 8 heteroatoms. The van der Waals surface area contributed by atoms with Gasteiger partial charge in [0.15, 0.2) is 0 Å². The number of nitro groups is 1. The predicted octanol–water partition coefficient (Wildman–Crippen LogP) is 3.35. The van der Waals surface area contributed by atoms with Gasteiger partial charge in [0.05, 0.1) is 23.7 Å². The highest BCUT2D eigenvalue weighted by Crippen LogP contribution is 2.31. The third kappa shape index (κ3) is 4.83. The molecule has 2 aromatic rings. The Labute approximate surface area is 169 Å². The standard InChI is InChI=1S/C21H25N3O5/c1-15(2)22-10-12-23(13-11-22)17-6-4-16(5-7-17)21(25)29-20-9-8-18(28-3)14-19(20)24(26)27/h4-9,14-15H,10-13H2,1-3H3. The Morgan fingerprint density at radius 3 is 2.28 bits per heavy atom. The lowest BCUT2D eigenvalue weighted by Crippen LogP contribution is -2.48. The molecule has 29 heavy (non-hydrogen) atoms. The Morgan fingerprint density at radius 2 is 1.72 bits per heavy atom. The first-order valence-electron chi connectivity index (χ1n) is 9.52. The lowest BCUT2D eigenvalue weighted by Gasteiger charge is -2.38. The highest BCUT2D eigenvalue weighted by molar-refractivity contribution is 5.92. The van der Waals surface area contributed by atoms with Crippen molar-refractivity contribution in [1.82, 2.24) is 4.90 Å². The first kappa shape index (κ1) is 20.6. The second kappa shape index (κ2) is 8.91. The van der Waals surface area contributed by atoms with Crippen molar-refractivity contribution in [3.05, 3.63) is 58.1 Å². The quantitative estimate of drug-likeness (QED) is 0.319. The molecule has 1 aliphatic rings. The van der Waals surface area contributed by atoms with Crippen molar-refractivity contribution in [2.24, 2.45) is 0 Å². The molecule has 154 valence electrons. The molecular formula is C21H25N3O5. The van der Waals surface area contributed by atoms with Crippen LogP contribution in [0.5, 0.6) is 11.5 Å². The smallest absolute Gasteiger partial charge is 0.343 e. The molecule has 1 saturated heterocycles. The van der Waals surface area contributed by atoms with Crippen molar-refractivity contribution >= 4 is 17.3 Å². The highest BCUT2D eigenvalue weighted by atomic mass is 16.6. The van der Waals surface area contributed by atoms with Gasteiger partial charge in [-0.15, -0.1) is 0 Å². The van der Waals surface area contributed by atoms with Crippen LogP contribution in [-0.4, -0.2) is 55.1 Å². The van der Waals surface area contributed by atoms with Gasteiger partial charge in [0.1, 0.15) is 5.75 Å². The van der Waals surface area contributed by atoms with Gasteiger partial charge in [-0.05, 0) is 50.2 Å². The van der Waals surface area contributed by atoms with Crippen molar-refractivity contribution in [2.45, 2.75) is 19.9 Å². The van der Waals surface area contributed by atoms with Gasteiger partial charge in [0.25, 0.3) is 0 Å². The Morgan fingerprint density at radius 1 is 1.07 bits per heavy atom. The van der Waals surface area contributed by atoms with Crippen LogP contribution in [0.1, 0.15) is 24.2 Å². The van der Waals surface area contributed by atoms with Crippen molar-refractivity contribution in [1.29, 1.82) is 0 Å². The van der Waals surface area contributed by atoms with Gasteiger partial charge < -0.3 is 14.4 Å².